The first-order valence-corrected chi connectivity index (χ1v) is 3.77. The standard InChI is InChI=1S/C7H7Cl2NO/c8-5-1-4(3-10)2-6(9)7(5)11/h1-2,11H,3,10H2. The SMILES string of the molecule is NCc1cc(Cl)c(O)c(Cl)c1. The lowest BCUT2D eigenvalue weighted by atomic mass is 10.2. The number of nitrogens with two attached hydrogens (primary N) is 1. The highest BCUT2D eigenvalue weighted by atomic mass is 35.5. The van der Waals surface area contributed by atoms with Crippen LogP contribution in [-0.2, 0) is 6.54 Å². The van der Waals surface area contributed by atoms with Gasteiger partial charge >= 0.3 is 0 Å². The molecule has 0 amide bonds. The monoisotopic (exact) mass is 191 g/mol. The van der Waals surface area contributed by atoms with Crippen molar-refractivity contribution in [2.75, 3.05) is 0 Å². The van der Waals surface area contributed by atoms with Crippen LogP contribution in [0.3, 0.4) is 0 Å². The minimum atomic E-state index is -0.0921. The topological polar surface area (TPSA) is 46.2 Å². The smallest absolute Gasteiger partial charge is 0.152 e. The van der Waals surface area contributed by atoms with Crippen LogP contribution >= 0.6 is 23.2 Å². The van der Waals surface area contributed by atoms with Crippen molar-refractivity contribution in [3.05, 3.63) is 27.7 Å². The summed E-state index contributed by atoms with van der Waals surface area (Å²) in [6, 6.07) is 3.17. The quantitative estimate of drug-likeness (QED) is 0.715. The summed E-state index contributed by atoms with van der Waals surface area (Å²) in [7, 11) is 0. The third-order valence-corrected chi connectivity index (χ3v) is 1.89. The molecule has 0 aliphatic rings. The van der Waals surface area contributed by atoms with Crippen LogP contribution in [0, 0.1) is 0 Å². The Morgan fingerprint density at radius 3 is 2.09 bits per heavy atom. The highest BCUT2D eigenvalue weighted by Gasteiger charge is 2.04. The number of benzene rings is 1. The van der Waals surface area contributed by atoms with Crippen LogP contribution in [0.15, 0.2) is 12.1 Å². The zero-order chi connectivity index (χ0) is 8.43. The molecule has 1 aromatic carbocycles. The van der Waals surface area contributed by atoms with Crippen molar-refractivity contribution in [2.24, 2.45) is 5.73 Å². The molecule has 2 nitrogen and oxygen atoms in total. The Hall–Kier alpha value is -0.440. The van der Waals surface area contributed by atoms with E-state index in [9.17, 15) is 0 Å². The fraction of sp³-hybridized carbons (Fsp3) is 0.143. The van der Waals surface area contributed by atoms with Crippen molar-refractivity contribution < 1.29 is 5.11 Å². The molecular weight excluding hydrogens is 185 g/mol. The van der Waals surface area contributed by atoms with Crippen molar-refractivity contribution in [1.29, 1.82) is 0 Å². The molecule has 0 atom stereocenters. The third kappa shape index (κ3) is 1.77. The molecule has 11 heavy (non-hydrogen) atoms. The average molecular weight is 192 g/mol. The third-order valence-electron chi connectivity index (χ3n) is 1.31. The van der Waals surface area contributed by atoms with Crippen molar-refractivity contribution >= 4 is 23.2 Å². The van der Waals surface area contributed by atoms with E-state index in [0.717, 1.165) is 5.56 Å². The van der Waals surface area contributed by atoms with Crippen LogP contribution in [0.4, 0.5) is 0 Å². The molecule has 3 N–H and O–H groups in total. The summed E-state index contributed by atoms with van der Waals surface area (Å²) >= 11 is 11.2. The molecule has 0 fully saturated rings. The molecule has 60 valence electrons. The first-order valence-electron chi connectivity index (χ1n) is 3.02. The highest BCUT2D eigenvalue weighted by molar-refractivity contribution is 6.37. The minimum Gasteiger partial charge on any atom is -0.505 e. The van der Waals surface area contributed by atoms with E-state index in [1.54, 1.807) is 12.1 Å². The van der Waals surface area contributed by atoms with Gasteiger partial charge in [-0.15, -0.1) is 0 Å². The Morgan fingerprint density at radius 1 is 1.27 bits per heavy atom. The van der Waals surface area contributed by atoms with E-state index in [2.05, 4.69) is 0 Å². The average Bonchev–Trinajstić information content (AvgIpc) is 1.99. The fourth-order valence-electron chi connectivity index (χ4n) is 0.736. The van der Waals surface area contributed by atoms with Gasteiger partial charge in [-0.3, -0.25) is 0 Å². The number of rotatable bonds is 1. The molecule has 0 unspecified atom stereocenters. The molecular formula is C7H7Cl2NO. The van der Waals surface area contributed by atoms with Crippen molar-refractivity contribution in [3.8, 4) is 5.75 Å². The number of hydrogen-bond acceptors (Lipinski definition) is 2. The van der Waals surface area contributed by atoms with Gasteiger partial charge in [-0.05, 0) is 17.7 Å². The van der Waals surface area contributed by atoms with Crippen LogP contribution in [-0.4, -0.2) is 5.11 Å². The van der Waals surface area contributed by atoms with Crippen LogP contribution in [0.5, 0.6) is 5.75 Å². The summed E-state index contributed by atoms with van der Waals surface area (Å²) in [6.45, 7) is 0.361. The second-order valence-electron chi connectivity index (χ2n) is 2.11. The fourth-order valence-corrected chi connectivity index (χ4v) is 1.27. The predicted octanol–water partition coefficient (Wildman–Crippen LogP) is 2.16. The van der Waals surface area contributed by atoms with E-state index >= 15 is 0 Å². The Labute approximate surface area is 74.5 Å². The first kappa shape index (κ1) is 8.65. The molecule has 0 saturated carbocycles. The van der Waals surface area contributed by atoms with Gasteiger partial charge in [0.25, 0.3) is 0 Å². The van der Waals surface area contributed by atoms with Crippen molar-refractivity contribution in [3.63, 3.8) is 0 Å². The van der Waals surface area contributed by atoms with Crippen LogP contribution in [0.1, 0.15) is 5.56 Å². The van der Waals surface area contributed by atoms with Gasteiger partial charge in [-0.1, -0.05) is 23.2 Å². The number of halogens is 2. The van der Waals surface area contributed by atoms with E-state index in [1.165, 1.54) is 0 Å². The second kappa shape index (κ2) is 3.30. The van der Waals surface area contributed by atoms with Gasteiger partial charge in [-0.2, -0.15) is 0 Å². The van der Waals surface area contributed by atoms with Crippen molar-refractivity contribution in [1.82, 2.24) is 0 Å². The predicted molar refractivity (Wildman–Crippen MR) is 46.0 cm³/mol. The zero-order valence-electron chi connectivity index (χ0n) is 5.64. The molecule has 0 aliphatic carbocycles. The van der Waals surface area contributed by atoms with Gasteiger partial charge in [0, 0.05) is 6.54 Å². The van der Waals surface area contributed by atoms with E-state index in [0.29, 0.717) is 6.54 Å². The van der Waals surface area contributed by atoms with E-state index in [1.807, 2.05) is 0 Å². The van der Waals surface area contributed by atoms with Crippen LogP contribution < -0.4 is 5.73 Å². The molecule has 0 heterocycles. The summed E-state index contributed by atoms with van der Waals surface area (Å²) in [5.74, 6) is -0.0921. The summed E-state index contributed by atoms with van der Waals surface area (Å²) in [6.07, 6.45) is 0. The molecule has 4 heteroatoms. The molecule has 0 aromatic heterocycles. The lowest BCUT2D eigenvalue weighted by molar-refractivity contribution is 0.475. The van der Waals surface area contributed by atoms with Crippen LogP contribution in [0.25, 0.3) is 0 Å². The van der Waals surface area contributed by atoms with Gasteiger partial charge in [0.1, 0.15) is 0 Å². The van der Waals surface area contributed by atoms with Gasteiger partial charge in [-0.25, -0.2) is 0 Å². The van der Waals surface area contributed by atoms with Gasteiger partial charge in [0.15, 0.2) is 5.75 Å². The first-order chi connectivity index (χ1) is 5.15. The minimum absolute atomic E-state index is 0.0921. The Balaban J connectivity index is 3.21. The van der Waals surface area contributed by atoms with Crippen LogP contribution in [0.2, 0.25) is 10.0 Å². The molecule has 0 saturated heterocycles. The zero-order valence-corrected chi connectivity index (χ0v) is 7.15. The number of phenolic OH excluding ortho intramolecular Hbond substituents is 1. The van der Waals surface area contributed by atoms with Gasteiger partial charge < -0.3 is 10.8 Å². The Kier molecular flexibility index (Phi) is 2.60. The maximum atomic E-state index is 9.12. The summed E-state index contributed by atoms with van der Waals surface area (Å²) in [4.78, 5) is 0. The Bertz CT molecular complexity index is 252. The van der Waals surface area contributed by atoms with Crippen molar-refractivity contribution in [2.45, 2.75) is 6.54 Å². The molecule has 0 aliphatic heterocycles. The van der Waals surface area contributed by atoms with Gasteiger partial charge in [0.2, 0.25) is 0 Å². The number of aromatic hydroxyl groups is 1. The normalized spacial score (nSPS) is 10.1. The van der Waals surface area contributed by atoms with E-state index in [-0.39, 0.29) is 15.8 Å². The van der Waals surface area contributed by atoms with Gasteiger partial charge in [0.05, 0.1) is 10.0 Å². The lowest BCUT2D eigenvalue weighted by Crippen LogP contribution is -1.95. The lowest BCUT2D eigenvalue weighted by Gasteiger charge is -2.02. The molecule has 0 bridgehead atoms. The molecule has 0 spiro atoms. The maximum absolute atomic E-state index is 9.12. The molecule has 1 rings (SSSR count). The number of hydrogen-bond donors (Lipinski definition) is 2. The second-order valence-corrected chi connectivity index (χ2v) is 2.93. The van der Waals surface area contributed by atoms with E-state index in [4.69, 9.17) is 34.0 Å². The largest absolute Gasteiger partial charge is 0.505 e. The Morgan fingerprint density at radius 2 is 1.73 bits per heavy atom. The molecule has 1 aromatic rings. The summed E-state index contributed by atoms with van der Waals surface area (Å²) in [5.41, 5.74) is 6.14. The molecule has 0 radical (unpaired) electrons. The number of phenols is 1. The summed E-state index contributed by atoms with van der Waals surface area (Å²) < 4.78 is 0. The summed E-state index contributed by atoms with van der Waals surface area (Å²) in [5, 5.41) is 9.59. The van der Waals surface area contributed by atoms with E-state index < -0.39 is 0 Å². The maximum Gasteiger partial charge on any atom is 0.152 e. The highest BCUT2D eigenvalue weighted by Crippen LogP contribution is 2.32.